The largest absolute Gasteiger partial charge is 0.490 e. The first kappa shape index (κ1) is 31.0. The van der Waals surface area contributed by atoms with Crippen molar-refractivity contribution < 1.29 is 35.9 Å². The summed E-state index contributed by atoms with van der Waals surface area (Å²) in [5.74, 6) is -3.51. The van der Waals surface area contributed by atoms with E-state index >= 15 is 0 Å². The van der Waals surface area contributed by atoms with Gasteiger partial charge in [0, 0.05) is 39.3 Å². The Morgan fingerprint density at radius 1 is 1.15 bits per heavy atom. The number of nitrogens with two attached hydrogens (primary N) is 1. The van der Waals surface area contributed by atoms with Gasteiger partial charge in [-0.2, -0.15) is 17.5 Å². The summed E-state index contributed by atoms with van der Waals surface area (Å²) in [7, 11) is -2.18. The Balaban J connectivity index is 1.84. The molecule has 3 rings (SSSR count). The molecule has 2 fully saturated rings. The second kappa shape index (κ2) is 12.8. The topological polar surface area (TPSA) is 113 Å². The van der Waals surface area contributed by atoms with E-state index in [0.29, 0.717) is 36.4 Å². The van der Waals surface area contributed by atoms with Gasteiger partial charge in [-0.3, -0.25) is 10.5 Å². The number of rotatable bonds is 8. The number of halogens is 3. The highest BCUT2D eigenvalue weighted by atomic mass is 32.2. The number of thiophene rings is 1. The molecule has 0 bridgehead atoms. The number of esters is 1. The zero-order chi connectivity index (χ0) is 29.0. The molecule has 1 unspecified atom stereocenters. The molecule has 1 aromatic heterocycles. The Morgan fingerprint density at radius 3 is 2.41 bits per heavy atom. The lowest BCUT2D eigenvalue weighted by atomic mass is 9.85. The minimum Gasteiger partial charge on any atom is -0.435 e. The van der Waals surface area contributed by atoms with Crippen LogP contribution in [-0.4, -0.2) is 86.9 Å². The summed E-state index contributed by atoms with van der Waals surface area (Å²) in [5.41, 5.74) is 6.26. The summed E-state index contributed by atoms with van der Waals surface area (Å²) in [6, 6.07) is 2.41. The van der Waals surface area contributed by atoms with E-state index in [1.54, 1.807) is 17.1 Å². The van der Waals surface area contributed by atoms with Gasteiger partial charge in [0.25, 0.3) is 10.0 Å². The van der Waals surface area contributed by atoms with Crippen molar-refractivity contribution in [3.63, 3.8) is 0 Å². The van der Waals surface area contributed by atoms with E-state index in [1.807, 2.05) is 26.1 Å². The normalized spacial score (nSPS) is 22.9. The number of likely N-dealkylation sites (N-methyl/N-ethyl adjacent to an activating group) is 1. The Bertz CT molecular complexity index is 1220. The van der Waals surface area contributed by atoms with Crippen LogP contribution in [0.15, 0.2) is 52.8 Å². The highest BCUT2D eigenvalue weighted by molar-refractivity contribution is 7.91. The predicted octanol–water partition coefficient (Wildman–Crippen LogP) is 2.90. The van der Waals surface area contributed by atoms with Crippen molar-refractivity contribution in [2.75, 3.05) is 46.3 Å². The number of allylic oxidation sites excluding steroid dienone is 4. The van der Waals surface area contributed by atoms with Crippen molar-refractivity contribution in [1.82, 2.24) is 14.1 Å². The maximum Gasteiger partial charge on any atom is 0.490 e. The monoisotopic (exact) mass is 590 g/mol. The van der Waals surface area contributed by atoms with E-state index in [4.69, 9.17) is 5.73 Å². The molecule has 1 amide bonds. The van der Waals surface area contributed by atoms with Crippen LogP contribution in [0.25, 0.3) is 0 Å². The molecule has 0 saturated carbocycles. The third kappa shape index (κ3) is 7.78. The van der Waals surface area contributed by atoms with Crippen molar-refractivity contribution in [2.24, 2.45) is 17.6 Å². The van der Waals surface area contributed by atoms with E-state index in [2.05, 4.69) is 16.2 Å². The van der Waals surface area contributed by atoms with E-state index in [0.717, 1.165) is 13.1 Å². The molecular weight excluding hydrogens is 557 g/mol. The van der Waals surface area contributed by atoms with Crippen molar-refractivity contribution in [3.05, 3.63) is 53.5 Å². The zero-order valence-electron chi connectivity index (χ0n) is 21.8. The number of amides is 1. The molecule has 39 heavy (non-hydrogen) atoms. The molecular formula is C25H33F3N4O5S2. The van der Waals surface area contributed by atoms with Crippen LogP contribution in [0.3, 0.4) is 0 Å². The number of alkyl halides is 3. The maximum absolute atomic E-state index is 13.6. The quantitative estimate of drug-likeness (QED) is 0.282. The third-order valence-electron chi connectivity index (χ3n) is 6.66. The van der Waals surface area contributed by atoms with Crippen LogP contribution < -0.4 is 5.73 Å². The number of hydrogen-bond acceptors (Lipinski definition) is 8. The van der Waals surface area contributed by atoms with Crippen molar-refractivity contribution in [3.8, 4) is 0 Å². The number of piperidine rings is 1. The lowest BCUT2D eigenvalue weighted by Gasteiger charge is -2.40. The fourth-order valence-electron chi connectivity index (χ4n) is 4.41. The van der Waals surface area contributed by atoms with Crippen molar-refractivity contribution >= 4 is 33.2 Å². The van der Waals surface area contributed by atoms with Crippen LogP contribution in [0.4, 0.5) is 13.2 Å². The van der Waals surface area contributed by atoms with Gasteiger partial charge in [0.05, 0.1) is 10.8 Å². The molecule has 2 saturated heterocycles. The van der Waals surface area contributed by atoms with Crippen molar-refractivity contribution in [1.29, 1.82) is 0 Å². The van der Waals surface area contributed by atoms with Gasteiger partial charge in [-0.1, -0.05) is 36.5 Å². The number of piperazine rings is 1. The summed E-state index contributed by atoms with van der Waals surface area (Å²) in [6.07, 6.45) is 0.651. The van der Waals surface area contributed by atoms with Gasteiger partial charge in [0.1, 0.15) is 4.21 Å². The smallest absolute Gasteiger partial charge is 0.435 e. The summed E-state index contributed by atoms with van der Waals surface area (Å²) < 4.78 is 70.2. The van der Waals surface area contributed by atoms with Crippen LogP contribution in [0, 0.1) is 11.8 Å². The SMILES string of the molecule is C=C(/C=C\C=C/C)[C@@H]1C[C@H](C(=O)N2CCN(C)CC2)CN(S(=O)(=O)c2ccc(C(N)OC(=O)C(F)(F)F)s2)C1. The minimum absolute atomic E-state index is 0.0434. The molecule has 9 nitrogen and oxygen atoms in total. The van der Waals surface area contributed by atoms with Crippen LogP contribution in [0.5, 0.6) is 0 Å². The first-order valence-electron chi connectivity index (χ1n) is 12.3. The molecule has 3 heterocycles. The molecule has 216 valence electrons. The average Bonchev–Trinajstić information content (AvgIpc) is 3.39. The maximum atomic E-state index is 13.6. The molecule has 14 heteroatoms. The minimum atomic E-state index is -5.23. The molecule has 3 atom stereocenters. The predicted molar refractivity (Wildman–Crippen MR) is 141 cm³/mol. The molecule has 2 aliphatic rings. The summed E-state index contributed by atoms with van der Waals surface area (Å²) in [5, 5.41) is 0. The molecule has 0 spiro atoms. The van der Waals surface area contributed by atoms with Crippen LogP contribution in [0.2, 0.25) is 0 Å². The van der Waals surface area contributed by atoms with Gasteiger partial charge in [-0.05, 0) is 38.4 Å². The molecule has 0 aromatic carbocycles. The lowest BCUT2D eigenvalue weighted by Crippen LogP contribution is -2.53. The Hall–Kier alpha value is -2.52. The second-order valence-corrected chi connectivity index (χ2v) is 12.8. The Morgan fingerprint density at radius 2 is 1.79 bits per heavy atom. The van der Waals surface area contributed by atoms with E-state index in [9.17, 15) is 31.2 Å². The van der Waals surface area contributed by atoms with E-state index in [1.165, 1.54) is 16.4 Å². The van der Waals surface area contributed by atoms with Gasteiger partial charge in [-0.15, -0.1) is 11.3 Å². The van der Waals surface area contributed by atoms with Gasteiger partial charge >= 0.3 is 12.1 Å². The number of nitrogens with zero attached hydrogens (tertiary/aromatic N) is 3. The van der Waals surface area contributed by atoms with Gasteiger partial charge in [-0.25, -0.2) is 13.2 Å². The summed E-state index contributed by atoms with van der Waals surface area (Å²) in [6.45, 7) is 8.54. The van der Waals surface area contributed by atoms with Gasteiger partial charge < -0.3 is 14.5 Å². The molecule has 2 N–H and O–H groups in total. The van der Waals surface area contributed by atoms with Gasteiger partial charge in [0.2, 0.25) is 5.91 Å². The third-order valence-corrected chi connectivity index (χ3v) is 10.1. The number of ether oxygens (including phenoxy) is 1. The Kier molecular flexibility index (Phi) is 10.2. The average molecular weight is 591 g/mol. The molecule has 0 aliphatic carbocycles. The molecule has 0 radical (unpaired) electrons. The van der Waals surface area contributed by atoms with Crippen LogP contribution in [-0.2, 0) is 24.3 Å². The number of carbonyl (C=O) groups excluding carboxylic acids is 2. The van der Waals surface area contributed by atoms with Crippen LogP contribution >= 0.6 is 11.3 Å². The first-order valence-corrected chi connectivity index (χ1v) is 14.6. The fourth-order valence-corrected chi connectivity index (χ4v) is 7.35. The van der Waals surface area contributed by atoms with Gasteiger partial charge in [0.15, 0.2) is 6.23 Å². The molecule has 2 aliphatic heterocycles. The second-order valence-electron chi connectivity index (χ2n) is 9.52. The van der Waals surface area contributed by atoms with Crippen molar-refractivity contribution in [2.45, 2.75) is 30.0 Å². The van der Waals surface area contributed by atoms with Crippen LogP contribution in [0.1, 0.15) is 24.4 Å². The fraction of sp³-hybridized carbons (Fsp3) is 0.520. The summed E-state index contributed by atoms with van der Waals surface area (Å²) in [4.78, 5) is 28.4. The standard InChI is InChI=1S/C25H33F3N4O5S2/c1-4-5-6-7-17(2)18-14-19(23(33)31-12-10-30(3)11-13-31)16-32(15-18)39(35,36)21-9-8-20(38-21)22(29)37-24(34)25(26,27)28/h4-9,18-19,22H,2,10-16,29H2,1,3H3/b5-4-,7-6-/t18-,19+,22?/m1/s1. The first-order chi connectivity index (χ1) is 18.2. The number of hydrogen-bond donors (Lipinski definition) is 1. The van der Waals surface area contributed by atoms with E-state index < -0.39 is 34.3 Å². The Labute approximate surface area is 230 Å². The lowest BCUT2D eigenvalue weighted by molar-refractivity contribution is -0.205. The number of sulfonamides is 1. The molecule has 1 aromatic rings. The van der Waals surface area contributed by atoms with E-state index in [-0.39, 0.29) is 34.0 Å². The number of carbonyl (C=O) groups is 2. The summed E-state index contributed by atoms with van der Waals surface area (Å²) >= 11 is 0.613. The highest BCUT2D eigenvalue weighted by Crippen LogP contribution is 2.35. The zero-order valence-corrected chi connectivity index (χ0v) is 23.4. The highest BCUT2D eigenvalue weighted by Gasteiger charge is 2.43.